The van der Waals surface area contributed by atoms with Crippen LogP contribution in [0.2, 0.25) is 0 Å². The first-order valence-corrected chi connectivity index (χ1v) is 7.52. The average molecular weight is 306 g/mol. The summed E-state index contributed by atoms with van der Waals surface area (Å²) in [5.41, 5.74) is 1.69. The second kappa shape index (κ2) is 7.79. The molecule has 0 aliphatic carbocycles. The van der Waals surface area contributed by atoms with Gasteiger partial charge in [0.2, 0.25) is 5.91 Å². The van der Waals surface area contributed by atoms with Crippen molar-refractivity contribution < 1.29 is 19.1 Å². The first-order chi connectivity index (χ1) is 10.6. The van der Waals surface area contributed by atoms with E-state index in [9.17, 15) is 9.59 Å². The molecule has 22 heavy (non-hydrogen) atoms. The maximum Gasteiger partial charge on any atom is 0.266 e. The Balaban J connectivity index is 1.82. The normalized spacial score (nSPS) is 16.5. The van der Waals surface area contributed by atoms with E-state index in [0.717, 1.165) is 12.0 Å². The van der Waals surface area contributed by atoms with Crippen LogP contribution in [0.4, 0.5) is 5.69 Å². The number of benzene rings is 1. The van der Waals surface area contributed by atoms with Gasteiger partial charge in [0.15, 0.2) is 6.10 Å². The Kier molecular flexibility index (Phi) is 5.77. The molecule has 1 aliphatic rings. The van der Waals surface area contributed by atoms with Gasteiger partial charge in [-0.1, -0.05) is 6.07 Å². The van der Waals surface area contributed by atoms with Gasteiger partial charge < -0.3 is 20.1 Å². The van der Waals surface area contributed by atoms with E-state index < -0.39 is 6.10 Å². The Labute approximate surface area is 130 Å². The highest BCUT2D eigenvalue weighted by Crippen LogP contribution is 2.30. The molecule has 1 atom stereocenters. The van der Waals surface area contributed by atoms with Crippen molar-refractivity contribution in [2.75, 3.05) is 25.1 Å². The number of carbonyl (C=O) groups is 2. The zero-order valence-electron chi connectivity index (χ0n) is 13.0. The molecular formula is C16H22N2O4. The van der Waals surface area contributed by atoms with Crippen molar-refractivity contribution in [1.82, 2.24) is 5.32 Å². The summed E-state index contributed by atoms with van der Waals surface area (Å²) in [5, 5.41) is 5.54. The SMILES string of the molecule is CCOCCCNC(=O)C[C@@H]1Oc2ccc(C)cc2NC1=O. The van der Waals surface area contributed by atoms with Gasteiger partial charge in [-0.25, -0.2) is 0 Å². The second-order valence-electron chi connectivity index (χ2n) is 5.20. The molecule has 2 N–H and O–H groups in total. The van der Waals surface area contributed by atoms with Crippen molar-refractivity contribution >= 4 is 17.5 Å². The number of fused-ring (bicyclic) bond motifs is 1. The molecule has 6 heteroatoms. The molecule has 2 rings (SSSR count). The van der Waals surface area contributed by atoms with Gasteiger partial charge in [0, 0.05) is 19.8 Å². The molecule has 0 unspecified atom stereocenters. The first-order valence-electron chi connectivity index (χ1n) is 7.52. The van der Waals surface area contributed by atoms with Crippen LogP contribution in [0, 0.1) is 6.92 Å². The fourth-order valence-corrected chi connectivity index (χ4v) is 2.19. The van der Waals surface area contributed by atoms with Crippen LogP contribution >= 0.6 is 0 Å². The van der Waals surface area contributed by atoms with E-state index in [0.29, 0.717) is 31.2 Å². The molecule has 6 nitrogen and oxygen atoms in total. The van der Waals surface area contributed by atoms with Crippen molar-refractivity contribution in [3.63, 3.8) is 0 Å². The van der Waals surface area contributed by atoms with E-state index in [1.165, 1.54) is 0 Å². The molecule has 0 aromatic heterocycles. The van der Waals surface area contributed by atoms with Crippen molar-refractivity contribution in [1.29, 1.82) is 0 Å². The summed E-state index contributed by atoms with van der Waals surface area (Å²) in [4.78, 5) is 23.8. The molecule has 0 saturated carbocycles. The highest BCUT2D eigenvalue weighted by molar-refractivity contribution is 6.00. The van der Waals surface area contributed by atoms with Crippen LogP contribution in [-0.2, 0) is 14.3 Å². The first kappa shape index (κ1) is 16.3. The topological polar surface area (TPSA) is 76.7 Å². The Morgan fingerprint density at radius 3 is 3.05 bits per heavy atom. The standard InChI is InChI=1S/C16H22N2O4/c1-3-21-8-4-7-17-15(19)10-14-16(20)18-12-9-11(2)5-6-13(12)22-14/h5-6,9,14H,3-4,7-8,10H2,1-2H3,(H,17,19)(H,18,20)/t14-/m0/s1. The van der Waals surface area contributed by atoms with Gasteiger partial charge in [0.25, 0.3) is 5.91 Å². The van der Waals surface area contributed by atoms with Crippen molar-refractivity contribution in [3.05, 3.63) is 23.8 Å². The van der Waals surface area contributed by atoms with E-state index in [1.807, 2.05) is 26.0 Å². The van der Waals surface area contributed by atoms with Gasteiger partial charge in [-0.05, 0) is 38.0 Å². The molecule has 0 spiro atoms. The molecule has 1 aromatic rings. The third-order valence-corrected chi connectivity index (χ3v) is 3.32. The summed E-state index contributed by atoms with van der Waals surface area (Å²) >= 11 is 0. The molecule has 0 bridgehead atoms. The van der Waals surface area contributed by atoms with Gasteiger partial charge in [-0.15, -0.1) is 0 Å². The highest BCUT2D eigenvalue weighted by atomic mass is 16.5. The summed E-state index contributed by atoms with van der Waals surface area (Å²) < 4.78 is 10.8. The molecule has 1 heterocycles. The largest absolute Gasteiger partial charge is 0.478 e. The number of carbonyl (C=O) groups excluding carboxylic acids is 2. The smallest absolute Gasteiger partial charge is 0.266 e. The zero-order valence-corrected chi connectivity index (χ0v) is 13.0. The van der Waals surface area contributed by atoms with Gasteiger partial charge in [-0.3, -0.25) is 9.59 Å². The lowest BCUT2D eigenvalue weighted by Crippen LogP contribution is -2.41. The predicted octanol–water partition coefficient (Wildman–Crippen LogP) is 1.63. The van der Waals surface area contributed by atoms with Crippen molar-refractivity contribution in [2.45, 2.75) is 32.8 Å². The quantitative estimate of drug-likeness (QED) is 0.751. The van der Waals surface area contributed by atoms with E-state index >= 15 is 0 Å². The molecule has 1 aromatic carbocycles. The summed E-state index contributed by atoms with van der Waals surface area (Å²) in [6.07, 6.45) is -0.0326. The van der Waals surface area contributed by atoms with Crippen molar-refractivity contribution in [3.8, 4) is 5.75 Å². The number of amides is 2. The average Bonchev–Trinajstić information content (AvgIpc) is 2.48. The maximum absolute atomic E-state index is 12.0. The van der Waals surface area contributed by atoms with E-state index in [2.05, 4.69) is 10.6 Å². The zero-order chi connectivity index (χ0) is 15.9. The van der Waals surface area contributed by atoms with E-state index in [1.54, 1.807) is 6.07 Å². The third kappa shape index (κ3) is 4.46. The van der Waals surface area contributed by atoms with Crippen LogP contribution in [0.5, 0.6) is 5.75 Å². The lowest BCUT2D eigenvalue weighted by atomic mass is 10.1. The monoisotopic (exact) mass is 306 g/mol. The van der Waals surface area contributed by atoms with Crippen molar-refractivity contribution in [2.24, 2.45) is 0 Å². The molecule has 1 aliphatic heterocycles. The summed E-state index contributed by atoms with van der Waals surface area (Å²) in [7, 11) is 0. The predicted molar refractivity (Wildman–Crippen MR) is 83.0 cm³/mol. The number of nitrogens with one attached hydrogen (secondary N) is 2. The van der Waals surface area contributed by atoms with Gasteiger partial charge >= 0.3 is 0 Å². The maximum atomic E-state index is 12.0. The molecule has 120 valence electrons. The minimum Gasteiger partial charge on any atom is -0.478 e. The Bertz CT molecular complexity index is 545. The molecule has 0 saturated heterocycles. The Morgan fingerprint density at radius 2 is 2.27 bits per heavy atom. The molecule has 0 fully saturated rings. The van der Waals surface area contributed by atoms with Crippen LogP contribution < -0.4 is 15.4 Å². The fourth-order valence-electron chi connectivity index (χ4n) is 2.19. The van der Waals surface area contributed by atoms with Gasteiger partial charge in [-0.2, -0.15) is 0 Å². The van der Waals surface area contributed by atoms with E-state index in [-0.39, 0.29) is 18.2 Å². The van der Waals surface area contributed by atoms with Crippen LogP contribution in [0.1, 0.15) is 25.3 Å². The minimum absolute atomic E-state index is 0.00772. The number of anilines is 1. The Morgan fingerprint density at radius 1 is 1.45 bits per heavy atom. The lowest BCUT2D eigenvalue weighted by molar-refractivity contribution is -0.130. The number of hydrogen-bond donors (Lipinski definition) is 2. The summed E-state index contributed by atoms with van der Waals surface area (Å²) in [6, 6.07) is 5.55. The van der Waals surface area contributed by atoms with E-state index in [4.69, 9.17) is 9.47 Å². The lowest BCUT2D eigenvalue weighted by Gasteiger charge is -2.25. The number of hydrogen-bond acceptors (Lipinski definition) is 4. The van der Waals surface area contributed by atoms with Crippen LogP contribution in [0.3, 0.4) is 0 Å². The molecule has 2 amide bonds. The number of ether oxygens (including phenoxy) is 2. The minimum atomic E-state index is -0.790. The summed E-state index contributed by atoms with van der Waals surface area (Å²) in [6.45, 7) is 5.68. The Hall–Kier alpha value is -2.08. The second-order valence-corrected chi connectivity index (χ2v) is 5.20. The number of rotatable bonds is 7. The van der Waals surface area contributed by atoms with Crippen LogP contribution in [0.15, 0.2) is 18.2 Å². The van der Waals surface area contributed by atoms with Gasteiger partial charge in [0.05, 0.1) is 12.1 Å². The number of aryl methyl sites for hydroxylation is 1. The van der Waals surface area contributed by atoms with Crippen LogP contribution in [-0.4, -0.2) is 37.7 Å². The third-order valence-electron chi connectivity index (χ3n) is 3.32. The van der Waals surface area contributed by atoms with Gasteiger partial charge in [0.1, 0.15) is 5.75 Å². The molecular weight excluding hydrogens is 284 g/mol. The highest BCUT2D eigenvalue weighted by Gasteiger charge is 2.29. The van der Waals surface area contributed by atoms with Crippen LogP contribution in [0.25, 0.3) is 0 Å². The molecule has 0 radical (unpaired) electrons. The summed E-state index contributed by atoms with van der Waals surface area (Å²) in [5.74, 6) is 0.106. The fraction of sp³-hybridized carbons (Fsp3) is 0.500.